The third kappa shape index (κ3) is 3.82. The molecule has 1 amide bonds. The summed E-state index contributed by atoms with van der Waals surface area (Å²) in [5.41, 5.74) is 1.25. The number of benzene rings is 3. The summed E-state index contributed by atoms with van der Waals surface area (Å²) < 4.78 is 5.13. The Kier molecular flexibility index (Phi) is 5.66. The minimum atomic E-state index is -1.18. The van der Waals surface area contributed by atoms with Gasteiger partial charge in [0.15, 0.2) is 0 Å². The van der Waals surface area contributed by atoms with Gasteiger partial charge in [-0.1, -0.05) is 29.8 Å². The first-order valence-corrected chi connectivity index (χ1v) is 10.1. The number of aliphatic hydroxyl groups excluding tert-OH is 1. The highest BCUT2D eigenvalue weighted by Gasteiger charge is 2.48. The number of ketones is 1. The number of hydrogen-bond donors (Lipinski definition) is 1. The van der Waals surface area contributed by atoms with E-state index in [1.54, 1.807) is 54.6 Å². The van der Waals surface area contributed by atoms with E-state index in [9.17, 15) is 24.8 Å². The van der Waals surface area contributed by atoms with Gasteiger partial charge in [-0.3, -0.25) is 24.6 Å². The molecule has 1 aliphatic heterocycles. The first-order valence-electron chi connectivity index (χ1n) is 10.1. The van der Waals surface area contributed by atoms with Crippen molar-refractivity contribution in [3.63, 3.8) is 0 Å². The van der Waals surface area contributed by atoms with Gasteiger partial charge in [-0.15, -0.1) is 0 Å². The Hall–Kier alpha value is -4.46. The van der Waals surface area contributed by atoms with Gasteiger partial charge in [-0.25, -0.2) is 0 Å². The van der Waals surface area contributed by atoms with Crippen molar-refractivity contribution in [1.29, 1.82) is 0 Å². The summed E-state index contributed by atoms with van der Waals surface area (Å²) in [6, 6.07) is 17.9. The number of para-hydroxylation sites is 1. The number of carbonyl (C=O) groups is 2. The van der Waals surface area contributed by atoms with Gasteiger partial charge in [0.05, 0.1) is 23.2 Å². The van der Waals surface area contributed by atoms with Crippen molar-refractivity contribution in [2.45, 2.75) is 13.0 Å². The monoisotopic (exact) mass is 444 g/mol. The highest BCUT2D eigenvalue weighted by atomic mass is 16.6. The molecule has 1 atom stereocenters. The quantitative estimate of drug-likeness (QED) is 0.203. The molecule has 1 saturated heterocycles. The van der Waals surface area contributed by atoms with E-state index in [2.05, 4.69) is 0 Å². The van der Waals surface area contributed by atoms with E-state index < -0.39 is 28.4 Å². The number of carbonyl (C=O) groups excluding carboxylic acids is 2. The van der Waals surface area contributed by atoms with Crippen molar-refractivity contribution in [2.75, 3.05) is 12.0 Å². The van der Waals surface area contributed by atoms with Gasteiger partial charge in [0, 0.05) is 17.3 Å². The Bertz CT molecular complexity index is 1280. The van der Waals surface area contributed by atoms with Gasteiger partial charge in [0.25, 0.3) is 17.4 Å². The van der Waals surface area contributed by atoms with E-state index >= 15 is 0 Å². The lowest BCUT2D eigenvalue weighted by Crippen LogP contribution is -2.29. The van der Waals surface area contributed by atoms with Gasteiger partial charge in [-0.2, -0.15) is 0 Å². The van der Waals surface area contributed by atoms with E-state index in [4.69, 9.17) is 4.74 Å². The fraction of sp³-hybridized carbons (Fsp3) is 0.120. The molecule has 3 aromatic carbocycles. The minimum absolute atomic E-state index is 0.123. The number of nitro groups is 1. The molecule has 8 heteroatoms. The molecule has 1 fully saturated rings. The largest absolute Gasteiger partial charge is 0.507 e. The summed E-state index contributed by atoms with van der Waals surface area (Å²) in [7, 11) is 1.50. The van der Waals surface area contributed by atoms with Crippen LogP contribution in [0.2, 0.25) is 0 Å². The maximum atomic E-state index is 13.2. The lowest BCUT2D eigenvalue weighted by Gasteiger charge is -2.25. The van der Waals surface area contributed by atoms with Crippen molar-refractivity contribution in [1.82, 2.24) is 0 Å². The van der Waals surface area contributed by atoms with Crippen LogP contribution < -0.4 is 9.64 Å². The maximum absolute atomic E-state index is 13.2. The number of Topliss-reactive ketones (excluding diaryl/α,β-unsaturated/α-hetero) is 1. The van der Waals surface area contributed by atoms with Crippen molar-refractivity contribution < 1.29 is 24.4 Å². The van der Waals surface area contributed by atoms with E-state index in [0.29, 0.717) is 11.4 Å². The molecule has 33 heavy (non-hydrogen) atoms. The standard InChI is InChI=1S/C25H20N2O6/c1-15-7-11-17(12-8-15)26-22(19-5-3-4-6-20(19)27(31)32)21(24(29)25(26)30)23(28)16-9-13-18(33-2)14-10-16/h3-14,22,28H,1-2H3. The van der Waals surface area contributed by atoms with Crippen LogP contribution in [0.5, 0.6) is 5.75 Å². The summed E-state index contributed by atoms with van der Waals surface area (Å²) in [4.78, 5) is 38.7. The number of ether oxygens (including phenoxy) is 1. The number of nitro benzene ring substituents is 1. The van der Waals surface area contributed by atoms with Crippen LogP contribution in [0.25, 0.3) is 5.76 Å². The van der Waals surface area contributed by atoms with E-state index in [1.165, 1.54) is 30.2 Å². The second kappa shape index (κ2) is 8.58. The number of aliphatic hydroxyl groups is 1. The lowest BCUT2D eigenvalue weighted by atomic mass is 9.94. The number of aryl methyl sites for hydroxylation is 1. The normalized spacial score (nSPS) is 17.3. The Morgan fingerprint density at radius 1 is 1.00 bits per heavy atom. The second-order valence-corrected chi connectivity index (χ2v) is 7.55. The van der Waals surface area contributed by atoms with Crippen LogP contribution >= 0.6 is 0 Å². The molecule has 0 aromatic heterocycles. The molecule has 8 nitrogen and oxygen atoms in total. The number of methoxy groups -OCH3 is 1. The molecule has 4 rings (SSSR count). The first kappa shape index (κ1) is 21.8. The number of rotatable bonds is 5. The van der Waals surface area contributed by atoms with Crippen molar-refractivity contribution in [3.05, 3.63) is 105 Å². The highest BCUT2D eigenvalue weighted by molar-refractivity contribution is 6.51. The third-order valence-corrected chi connectivity index (χ3v) is 5.55. The zero-order valence-electron chi connectivity index (χ0n) is 17.9. The van der Waals surface area contributed by atoms with Crippen LogP contribution in [0.15, 0.2) is 78.4 Å². The Morgan fingerprint density at radius 2 is 1.64 bits per heavy atom. The topological polar surface area (TPSA) is 110 Å². The minimum Gasteiger partial charge on any atom is -0.507 e. The molecule has 1 heterocycles. The first-order chi connectivity index (χ1) is 15.8. The average Bonchev–Trinajstić information content (AvgIpc) is 3.09. The van der Waals surface area contributed by atoms with Gasteiger partial charge in [0.2, 0.25) is 0 Å². The van der Waals surface area contributed by atoms with Crippen LogP contribution in [0.1, 0.15) is 22.7 Å². The SMILES string of the molecule is COc1ccc(C(O)=C2C(=O)C(=O)N(c3ccc(C)cc3)C2c2ccccc2[N+](=O)[O-])cc1. The van der Waals surface area contributed by atoms with Crippen LogP contribution in [0, 0.1) is 17.0 Å². The number of anilines is 1. The molecule has 0 saturated carbocycles. The molecule has 0 bridgehead atoms. The number of hydrogen-bond acceptors (Lipinski definition) is 6. The van der Waals surface area contributed by atoms with E-state index in [1.807, 2.05) is 6.92 Å². The maximum Gasteiger partial charge on any atom is 0.300 e. The van der Waals surface area contributed by atoms with Crippen LogP contribution in [-0.4, -0.2) is 28.8 Å². The lowest BCUT2D eigenvalue weighted by molar-refractivity contribution is -0.385. The van der Waals surface area contributed by atoms with Crippen molar-refractivity contribution >= 4 is 28.8 Å². The molecule has 166 valence electrons. The third-order valence-electron chi connectivity index (χ3n) is 5.55. The van der Waals surface area contributed by atoms with Gasteiger partial charge < -0.3 is 9.84 Å². The molecule has 3 aromatic rings. The Morgan fingerprint density at radius 3 is 2.24 bits per heavy atom. The fourth-order valence-electron chi connectivity index (χ4n) is 3.89. The predicted molar refractivity (Wildman–Crippen MR) is 122 cm³/mol. The summed E-state index contributed by atoms with van der Waals surface area (Å²) in [5.74, 6) is -1.68. The average molecular weight is 444 g/mol. The highest BCUT2D eigenvalue weighted by Crippen LogP contribution is 2.44. The molecular formula is C25H20N2O6. The van der Waals surface area contributed by atoms with Gasteiger partial charge in [-0.05, 0) is 49.4 Å². The van der Waals surface area contributed by atoms with E-state index in [-0.39, 0.29) is 22.4 Å². The Labute approximate surface area is 189 Å². The summed E-state index contributed by atoms with van der Waals surface area (Å²) in [6.07, 6.45) is 0. The second-order valence-electron chi connectivity index (χ2n) is 7.55. The number of nitrogens with zero attached hydrogens (tertiary/aromatic N) is 2. The molecule has 0 radical (unpaired) electrons. The smallest absolute Gasteiger partial charge is 0.300 e. The van der Waals surface area contributed by atoms with E-state index in [0.717, 1.165) is 5.56 Å². The molecule has 1 unspecified atom stereocenters. The molecule has 1 N–H and O–H groups in total. The van der Waals surface area contributed by atoms with Crippen LogP contribution in [0.3, 0.4) is 0 Å². The zero-order valence-corrected chi connectivity index (χ0v) is 17.9. The van der Waals surface area contributed by atoms with Crippen LogP contribution in [-0.2, 0) is 9.59 Å². The van der Waals surface area contributed by atoms with Gasteiger partial charge >= 0.3 is 0 Å². The molecule has 0 aliphatic carbocycles. The summed E-state index contributed by atoms with van der Waals surface area (Å²) in [5, 5.41) is 22.9. The summed E-state index contributed by atoms with van der Waals surface area (Å²) in [6.45, 7) is 1.88. The predicted octanol–water partition coefficient (Wildman–Crippen LogP) is 4.54. The number of amides is 1. The van der Waals surface area contributed by atoms with Crippen molar-refractivity contribution in [3.8, 4) is 5.75 Å². The van der Waals surface area contributed by atoms with Gasteiger partial charge in [0.1, 0.15) is 17.6 Å². The zero-order chi connectivity index (χ0) is 23.7. The Balaban J connectivity index is 1.98. The summed E-state index contributed by atoms with van der Waals surface area (Å²) >= 11 is 0. The molecular weight excluding hydrogens is 424 g/mol. The molecule has 1 aliphatic rings. The van der Waals surface area contributed by atoms with Crippen molar-refractivity contribution in [2.24, 2.45) is 0 Å². The molecule has 0 spiro atoms. The fourth-order valence-corrected chi connectivity index (χ4v) is 3.89. The van der Waals surface area contributed by atoms with Crippen LogP contribution in [0.4, 0.5) is 11.4 Å².